The predicted molar refractivity (Wildman–Crippen MR) is 73.8 cm³/mol. The van der Waals surface area contributed by atoms with E-state index in [0.29, 0.717) is 11.5 Å². The number of anilines is 1. The molecule has 1 saturated carbocycles. The van der Waals surface area contributed by atoms with E-state index in [1.165, 1.54) is 24.4 Å². The molecule has 1 fully saturated rings. The van der Waals surface area contributed by atoms with Gasteiger partial charge in [-0.05, 0) is 25.2 Å². The van der Waals surface area contributed by atoms with Crippen LogP contribution in [-0.4, -0.2) is 22.4 Å². The van der Waals surface area contributed by atoms with Crippen LogP contribution < -0.4 is 4.90 Å². The molecule has 1 aliphatic rings. The van der Waals surface area contributed by atoms with Crippen molar-refractivity contribution in [2.24, 2.45) is 5.41 Å². The summed E-state index contributed by atoms with van der Waals surface area (Å²) in [5.41, 5.74) is 0.532. The van der Waals surface area contributed by atoms with Crippen molar-refractivity contribution in [2.75, 3.05) is 11.9 Å². The Bertz CT molecular complexity index is 401. The standard InChI is InChI=1S/C13H23N3S/c1-9(13(5)7-8-13)16(6)11-14-10(15-17-11)12(2,3)4/h9H,7-8H2,1-6H3. The quantitative estimate of drug-likeness (QED) is 0.826. The Balaban J connectivity index is 2.15. The molecule has 0 aromatic carbocycles. The summed E-state index contributed by atoms with van der Waals surface area (Å²) >= 11 is 1.52. The monoisotopic (exact) mass is 253 g/mol. The molecule has 0 saturated heterocycles. The van der Waals surface area contributed by atoms with Crippen molar-refractivity contribution >= 4 is 16.7 Å². The molecule has 0 N–H and O–H groups in total. The Morgan fingerprint density at radius 3 is 2.35 bits per heavy atom. The number of aromatic nitrogens is 2. The van der Waals surface area contributed by atoms with Gasteiger partial charge in [-0.15, -0.1) is 0 Å². The lowest BCUT2D eigenvalue weighted by atomic mass is 9.96. The zero-order chi connectivity index (χ0) is 12.8. The lowest BCUT2D eigenvalue weighted by molar-refractivity contribution is 0.446. The van der Waals surface area contributed by atoms with Crippen molar-refractivity contribution in [3.63, 3.8) is 0 Å². The van der Waals surface area contributed by atoms with E-state index in [9.17, 15) is 0 Å². The average molecular weight is 253 g/mol. The van der Waals surface area contributed by atoms with Gasteiger partial charge in [0.2, 0.25) is 5.13 Å². The molecular formula is C13H23N3S. The van der Waals surface area contributed by atoms with Crippen LogP contribution in [0.2, 0.25) is 0 Å². The van der Waals surface area contributed by atoms with Gasteiger partial charge in [-0.1, -0.05) is 27.7 Å². The Morgan fingerprint density at radius 2 is 1.94 bits per heavy atom. The van der Waals surface area contributed by atoms with Crippen molar-refractivity contribution in [1.82, 2.24) is 9.36 Å². The van der Waals surface area contributed by atoms with E-state index in [1.807, 2.05) is 0 Å². The molecule has 1 unspecified atom stereocenters. The third kappa shape index (κ3) is 2.46. The molecule has 0 amide bonds. The fourth-order valence-electron chi connectivity index (χ4n) is 1.91. The largest absolute Gasteiger partial charge is 0.347 e. The maximum atomic E-state index is 4.68. The van der Waals surface area contributed by atoms with E-state index in [4.69, 9.17) is 0 Å². The van der Waals surface area contributed by atoms with Crippen LogP contribution in [0, 0.1) is 5.41 Å². The molecule has 0 bridgehead atoms. The highest BCUT2D eigenvalue weighted by Crippen LogP contribution is 2.50. The number of nitrogens with zero attached hydrogens (tertiary/aromatic N) is 3. The van der Waals surface area contributed by atoms with E-state index in [0.717, 1.165) is 11.0 Å². The zero-order valence-corrected chi connectivity index (χ0v) is 12.6. The van der Waals surface area contributed by atoms with Crippen LogP contribution in [0.4, 0.5) is 5.13 Å². The van der Waals surface area contributed by atoms with Crippen molar-refractivity contribution in [2.45, 2.75) is 58.9 Å². The maximum Gasteiger partial charge on any atom is 0.205 e. The van der Waals surface area contributed by atoms with Crippen LogP contribution in [0.25, 0.3) is 0 Å². The first kappa shape index (κ1) is 12.8. The summed E-state index contributed by atoms with van der Waals surface area (Å²) in [6.45, 7) is 11.1. The summed E-state index contributed by atoms with van der Waals surface area (Å²) in [4.78, 5) is 6.97. The smallest absolute Gasteiger partial charge is 0.205 e. The topological polar surface area (TPSA) is 29.0 Å². The molecule has 1 heterocycles. The SMILES string of the molecule is CC(N(C)c1nc(C(C)(C)C)ns1)C1(C)CC1. The molecule has 0 aliphatic heterocycles. The maximum absolute atomic E-state index is 4.68. The van der Waals surface area contributed by atoms with E-state index in [2.05, 4.69) is 55.9 Å². The molecule has 1 aliphatic carbocycles. The van der Waals surface area contributed by atoms with Gasteiger partial charge in [0.15, 0.2) is 0 Å². The summed E-state index contributed by atoms with van der Waals surface area (Å²) in [5.74, 6) is 0.956. The van der Waals surface area contributed by atoms with Gasteiger partial charge in [-0.3, -0.25) is 0 Å². The van der Waals surface area contributed by atoms with Crippen molar-refractivity contribution in [3.8, 4) is 0 Å². The minimum Gasteiger partial charge on any atom is -0.347 e. The Morgan fingerprint density at radius 1 is 1.35 bits per heavy atom. The van der Waals surface area contributed by atoms with Crippen LogP contribution in [0.15, 0.2) is 0 Å². The van der Waals surface area contributed by atoms with Crippen molar-refractivity contribution < 1.29 is 0 Å². The normalized spacial score (nSPS) is 20.1. The van der Waals surface area contributed by atoms with Gasteiger partial charge in [-0.25, -0.2) is 4.98 Å². The lowest BCUT2D eigenvalue weighted by Crippen LogP contribution is -2.35. The Labute approximate surface area is 108 Å². The fraction of sp³-hybridized carbons (Fsp3) is 0.846. The number of hydrogen-bond acceptors (Lipinski definition) is 4. The van der Waals surface area contributed by atoms with Gasteiger partial charge in [0.05, 0.1) is 0 Å². The summed E-state index contributed by atoms with van der Waals surface area (Å²) in [5, 5.41) is 1.05. The van der Waals surface area contributed by atoms with Crippen LogP contribution in [0.1, 0.15) is 53.3 Å². The van der Waals surface area contributed by atoms with E-state index >= 15 is 0 Å². The first-order chi connectivity index (χ1) is 7.74. The summed E-state index contributed by atoms with van der Waals surface area (Å²) in [6, 6.07) is 0.545. The van der Waals surface area contributed by atoms with Gasteiger partial charge in [0.25, 0.3) is 0 Å². The van der Waals surface area contributed by atoms with Gasteiger partial charge in [-0.2, -0.15) is 4.37 Å². The second-order valence-corrected chi connectivity index (χ2v) is 7.32. The van der Waals surface area contributed by atoms with Crippen LogP contribution >= 0.6 is 11.5 Å². The highest BCUT2D eigenvalue weighted by molar-refractivity contribution is 7.09. The summed E-state index contributed by atoms with van der Waals surface area (Å²) in [6.07, 6.45) is 2.67. The van der Waals surface area contributed by atoms with Crippen molar-refractivity contribution in [3.05, 3.63) is 5.82 Å². The number of hydrogen-bond donors (Lipinski definition) is 0. The van der Waals surface area contributed by atoms with Gasteiger partial charge >= 0.3 is 0 Å². The lowest BCUT2D eigenvalue weighted by Gasteiger charge is -2.29. The van der Waals surface area contributed by atoms with Gasteiger partial charge in [0, 0.05) is 30.0 Å². The molecule has 17 heavy (non-hydrogen) atoms. The molecule has 1 atom stereocenters. The Hall–Kier alpha value is -0.640. The molecule has 0 spiro atoms. The van der Waals surface area contributed by atoms with E-state index in [-0.39, 0.29) is 5.41 Å². The second-order valence-electron chi connectivity index (χ2n) is 6.59. The van der Waals surface area contributed by atoms with Crippen molar-refractivity contribution in [1.29, 1.82) is 0 Å². The minimum atomic E-state index is 0.0440. The van der Waals surface area contributed by atoms with E-state index in [1.54, 1.807) is 0 Å². The van der Waals surface area contributed by atoms with Crippen LogP contribution in [-0.2, 0) is 5.41 Å². The highest BCUT2D eigenvalue weighted by Gasteiger charge is 2.44. The molecule has 0 radical (unpaired) electrons. The van der Waals surface area contributed by atoms with Crippen LogP contribution in [0.3, 0.4) is 0 Å². The Kier molecular flexibility index (Phi) is 2.97. The molecule has 96 valence electrons. The summed E-state index contributed by atoms with van der Waals surface area (Å²) in [7, 11) is 2.14. The average Bonchev–Trinajstić information content (AvgIpc) is 2.81. The molecule has 1 aromatic heterocycles. The first-order valence-electron chi connectivity index (χ1n) is 6.31. The van der Waals surface area contributed by atoms with E-state index < -0.39 is 0 Å². The van der Waals surface area contributed by atoms with Gasteiger partial charge < -0.3 is 4.90 Å². The molecule has 1 aromatic rings. The fourth-order valence-corrected chi connectivity index (χ4v) is 2.81. The third-order valence-electron chi connectivity index (χ3n) is 4.02. The predicted octanol–water partition coefficient (Wildman–Crippen LogP) is 3.46. The number of rotatable bonds is 3. The first-order valence-corrected chi connectivity index (χ1v) is 7.08. The highest BCUT2D eigenvalue weighted by atomic mass is 32.1. The van der Waals surface area contributed by atoms with Crippen LogP contribution in [0.5, 0.6) is 0 Å². The summed E-state index contributed by atoms with van der Waals surface area (Å²) < 4.78 is 4.48. The molecule has 4 heteroatoms. The molecule has 3 nitrogen and oxygen atoms in total. The molecular weight excluding hydrogens is 230 g/mol. The zero-order valence-electron chi connectivity index (χ0n) is 11.7. The van der Waals surface area contributed by atoms with Gasteiger partial charge in [0.1, 0.15) is 5.82 Å². The molecule has 2 rings (SSSR count). The minimum absolute atomic E-state index is 0.0440. The second kappa shape index (κ2) is 3.94. The third-order valence-corrected chi connectivity index (χ3v) is 4.82.